The topological polar surface area (TPSA) is 67.9 Å². The number of carbonyl (C=O) groups excluding carboxylic acids is 2. The zero-order valence-electron chi connectivity index (χ0n) is 16.2. The van der Waals surface area contributed by atoms with Gasteiger partial charge in [-0.1, -0.05) is 0 Å². The Kier molecular flexibility index (Phi) is 7.37. The van der Waals surface area contributed by atoms with Crippen LogP contribution in [0.25, 0.3) is 0 Å². The number of carbonyl (C=O) groups is 2. The number of likely N-dealkylation sites (N-methyl/N-ethyl adjacent to an activating group) is 1. The van der Waals surface area contributed by atoms with Crippen molar-refractivity contribution in [3.63, 3.8) is 0 Å². The number of rotatable bonds is 9. The van der Waals surface area contributed by atoms with Gasteiger partial charge in [0.1, 0.15) is 18.1 Å². The molecule has 0 saturated heterocycles. The lowest BCUT2D eigenvalue weighted by molar-refractivity contribution is -0.120. The molecule has 1 amide bonds. The number of ether oxygens (including phenoxy) is 2. The van der Waals surface area contributed by atoms with E-state index in [1.807, 2.05) is 43.1 Å². The van der Waals surface area contributed by atoms with Crippen molar-refractivity contribution in [2.75, 3.05) is 32.6 Å². The van der Waals surface area contributed by atoms with Crippen LogP contribution in [0.4, 0.5) is 5.69 Å². The van der Waals surface area contributed by atoms with Gasteiger partial charge >= 0.3 is 0 Å². The second kappa shape index (κ2) is 9.73. The first-order valence-corrected chi connectivity index (χ1v) is 8.79. The van der Waals surface area contributed by atoms with E-state index < -0.39 is 0 Å². The fourth-order valence-corrected chi connectivity index (χ4v) is 2.41. The van der Waals surface area contributed by atoms with Crippen molar-refractivity contribution in [1.82, 2.24) is 4.90 Å². The Morgan fingerprint density at radius 3 is 2.19 bits per heavy atom. The number of nitrogens with zero attached hydrogens (tertiary/aromatic N) is 1. The highest BCUT2D eigenvalue weighted by molar-refractivity contribution is 5.96. The quantitative estimate of drug-likeness (QED) is 0.687. The molecule has 0 heterocycles. The number of anilines is 1. The van der Waals surface area contributed by atoms with E-state index in [1.54, 1.807) is 31.4 Å². The van der Waals surface area contributed by atoms with Gasteiger partial charge in [-0.25, -0.2) is 0 Å². The Bertz CT molecular complexity index is 757. The van der Waals surface area contributed by atoms with Gasteiger partial charge in [0.25, 0.3) is 0 Å². The molecule has 2 aromatic carbocycles. The van der Waals surface area contributed by atoms with Gasteiger partial charge in [0.05, 0.1) is 13.2 Å². The summed E-state index contributed by atoms with van der Waals surface area (Å²) in [6, 6.07) is 13.9. The van der Waals surface area contributed by atoms with Crippen LogP contribution in [0.5, 0.6) is 11.5 Å². The first-order valence-electron chi connectivity index (χ1n) is 8.79. The van der Waals surface area contributed by atoms with E-state index in [-0.39, 0.29) is 17.7 Å². The molecule has 0 aliphatic heterocycles. The minimum atomic E-state index is -0.322. The highest BCUT2D eigenvalue weighted by Crippen LogP contribution is 2.17. The van der Waals surface area contributed by atoms with Crippen LogP contribution in [-0.2, 0) is 4.79 Å². The molecule has 1 N–H and O–H groups in total. The lowest BCUT2D eigenvalue weighted by Crippen LogP contribution is -2.41. The normalized spacial score (nSPS) is 11.7. The largest absolute Gasteiger partial charge is 0.497 e. The van der Waals surface area contributed by atoms with Gasteiger partial charge in [-0.2, -0.15) is 0 Å². The summed E-state index contributed by atoms with van der Waals surface area (Å²) in [4.78, 5) is 25.6. The number of nitrogens with one attached hydrogen (secondary N) is 1. The maximum atomic E-state index is 12.4. The molecule has 0 unspecified atom stereocenters. The van der Waals surface area contributed by atoms with Gasteiger partial charge in [-0.3, -0.25) is 14.5 Å². The minimum absolute atomic E-state index is 0.00200. The lowest BCUT2D eigenvalue weighted by atomic mass is 10.1. The predicted molar refractivity (Wildman–Crippen MR) is 106 cm³/mol. The Hall–Kier alpha value is -2.86. The lowest BCUT2D eigenvalue weighted by Gasteiger charge is -2.24. The smallest absolute Gasteiger partial charge is 0.241 e. The second-order valence-corrected chi connectivity index (χ2v) is 6.30. The summed E-state index contributed by atoms with van der Waals surface area (Å²) in [7, 11) is 3.50. The maximum absolute atomic E-state index is 12.4. The Balaban J connectivity index is 1.79. The van der Waals surface area contributed by atoms with E-state index in [9.17, 15) is 9.59 Å². The van der Waals surface area contributed by atoms with Crippen LogP contribution < -0.4 is 14.8 Å². The molecule has 0 saturated carbocycles. The van der Waals surface area contributed by atoms with Crippen molar-refractivity contribution in [3.05, 3.63) is 54.1 Å². The van der Waals surface area contributed by atoms with Crippen LogP contribution in [0.3, 0.4) is 0 Å². The van der Waals surface area contributed by atoms with Crippen LogP contribution >= 0.6 is 0 Å². The predicted octanol–water partition coefficient (Wildman–Crippen LogP) is 3.24. The summed E-state index contributed by atoms with van der Waals surface area (Å²) in [6.07, 6.45) is 0. The molecule has 0 fully saturated rings. The average molecular weight is 370 g/mol. The standard InChI is InChI=1S/C21H26N2O4/c1-15(21(25)22-18-7-5-17(6-8-18)16(2)24)23(3)13-14-27-20-11-9-19(26-4)10-12-20/h5-12,15H,13-14H2,1-4H3,(H,22,25)/t15-/m0/s1. The van der Waals surface area contributed by atoms with Crippen molar-refractivity contribution in [3.8, 4) is 11.5 Å². The highest BCUT2D eigenvalue weighted by Gasteiger charge is 2.18. The molecule has 6 nitrogen and oxygen atoms in total. The summed E-state index contributed by atoms with van der Waals surface area (Å²) < 4.78 is 10.8. The molecule has 0 aromatic heterocycles. The van der Waals surface area contributed by atoms with Crippen LogP contribution in [0.15, 0.2) is 48.5 Å². The van der Waals surface area contributed by atoms with Crippen molar-refractivity contribution in [2.45, 2.75) is 19.9 Å². The van der Waals surface area contributed by atoms with E-state index in [4.69, 9.17) is 9.47 Å². The minimum Gasteiger partial charge on any atom is -0.497 e. The van der Waals surface area contributed by atoms with E-state index in [0.29, 0.717) is 24.4 Å². The summed E-state index contributed by atoms with van der Waals surface area (Å²) >= 11 is 0. The number of hydrogen-bond acceptors (Lipinski definition) is 5. The molecule has 2 aromatic rings. The van der Waals surface area contributed by atoms with E-state index in [0.717, 1.165) is 11.5 Å². The SMILES string of the molecule is COc1ccc(OCCN(C)[C@@H](C)C(=O)Nc2ccc(C(C)=O)cc2)cc1. The van der Waals surface area contributed by atoms with Gasteiger partial charge in [-0.05, 0) is 69.4 Å². The van der Waals surface area contributed by atoms with Crippen molar-refractivity contribution in [2.24, 2.45) is 0 Å². The second-order valence-electron chi connectivity index (χ2n) is 6.30. The molecule has 6 heteroatoms. The van der Waals surface area contributed by atoms with Crippen molar-refractivity contribution in [1.29, 1.82) is 0 Å². The molecule has 0 aliphatic carbocycles. The van der Waals surface area contributed by atoms with Crippen LogP contribution in [0.1, 0.15) is 24.2 Å². The van der Waals surface area contributed by atoms with Gasteiger partial charge in [0.2, 0.25) is 5.91 Å². The number of ketones is 1. The molecule has 0 spiro atoms. The molecular weight excluding hydrogens is 344 g/mol. The zero-order chi connectivity index (χ0) is 19.8. The number of hydrogen-bond donors (Lipinski definition) is 1. The summed E-state index contributed by atoms with van der Waals surface area (Å²) in [5.74, 6) is 1.42. The summed E-state index contributed by atoms with van der Waals surface area (Å²) in [6.45, 7) is 4.42. The first-order chi connectivity index (χ1) is 12.9. The average Bonchev–Trinajstić information content (AvgIpc) is 2.68. The number of amides is 1. The third-order valence-electron chi connectivity index (χ3n) is 4.37. The first kappa shape index (κ1) is 20.5. The molecule has 144 valence electrons. The van der Waals surface area contributed by atoms with Gasteiger partial charge in [0.15, 0.2) is 5.78 Å². The number of methoxy groups -OCH3 is 1. The summed E-state index contributed by atoms with van der Waals surface area (Å²) in [5, 5.41) is 2.86. The van der Waals surface area contributed by atoms with E-state index in [2.05, 4.69) is 5.32 Å². The molecule has 27 heavy (non-hydrogen) atoms. The Labute approximate surface area is 160 Å². The molecular formula is C21H26N2O4. The molecule has 0 radical (unpaired) electrons. The summed E-state index contributed by atoms with van der Waals surface area (Å²) in [5.41, 5.74) is 1.29. The van der Waals surface area contributed by atoms with Crippen LogP contribution in [0.2, 0.25) is 0 Å². The van der Waals surface area contributed by atoms with Crippen molar-refractivity contribution >= 4 is 17.4 Å². The highest BCUT2D eigenvalue weighted by atomic mass is 16.5. The fraction of sp³-hybridized carbons (Fsp3) is 0.333. The van der Waals surface area contributed by atoms with E-state index >= 15 is 0 Å². The number of Topliss-reactive ketones (excluding diaryl/α,β-unsaturated/α-hetero) is 1. The monoisotopic (exact) mass is 370 g/mol. The maximum Gasteiger partial charge on any atom is 0.241 e. The van der Waals surface area contributed by atoms with E-state index in [1.165, 1.54) is 6.92 Å². The van der Waals surface area contributed by atoms with Gasteiger partial charge in [-0.15, -0.1) is 0 Å². The van der Waals surface area contributed by atoms with Crippen LogP contribution in [0, 0.1) is 0 Å². The third-order valence-corrected chi connectivity index (χ3v) is 4.37. The van der Waals surface area contributed by atoms with Crippen LogP contribution in [-0.4, -0.2) is 49.9 Å². The van der Waals surface area contributed by atoms with Gasteiger partial charge < -0.3 is 14.8 Å². The number of benzene rings is 2. The zero-order valence-corrected chi connectivity index (χ0v) is 16.2. The fourth-order valence-electron chi connectivity index (χ4n) is 2.41. The third kappa shape index (κ3) is 6.11. The van der Waals surface area contributed by atoms with Crippen molar-refractivity contribution < 1.29 is 19.1 Å². The molecule has 1 atom stereocenters. The molecule has 0 aliphatic rings. The molecule has 2 rings (SSSR count). The Morgan fingerprint density at radius 1 is 1.04 bits per heavy atom. The Morgan fingerprint density at radius 2 is 1.63 bits per heavy atom. The van der Waals surface area contributed by atoms with Gasteiger partial charge in [0, 0.05) is 17.8 Å². The molecule has 0 bridgehead atoms.